The van der Waals surface area contributed by atoms with E-state index in [-0.39, 0.29) is 12.5 Å². The molecule has 2 aliphatic heterocycles. The highest BCUT2D eigenvalue weighted by atomic mass is 32.2. The Bertz CT molecular complexity index is 387. The van der Waals surface area contributed by atoms with Gasteiger partial charge in [0.2, 0.25) is 10.0 Å². The third-order valence-corrected chi connectivity index (χ3v) is 5.82. The maximum atomic E-state index is 12.1. The first kappa shape index (κ1) is 12.8. The van der Waals surface area contributed by atoms with Crippen LogP contribution in [-0.2, 0) is 14.8 Å². The average Bonchev–Trinajstić information content (AvgIpc) is 2.46. The third-order valence-electron chi connectivity index (χ3n) is 3.53. The summed E-state index contributed by atoms with van der Waals surface area (Å²) in [5.74, 6) is -1.22. The zero-order chi connectivity index (χ0) is 12.5. The van der Waals surface area contributed by atoms with Gasteiger partial charge >= 0.3 is 5.97 Å². The number of nitrogens with one attached hydrogen (secondary N) is 1. The van der Waals surface area contributed by atoms with Gasteiger partial charge in [-0.05, 0) is 38.8 Å². The highest BCUT2D eigenvalue weighted by Crippen LogP contribution is 2.28. The lowest BCUT2D eigenvalue weighted by Gasteiger charge is -2.25. The maximum absolute atomic E-state index is 12.1. The lowest BCUT2D eigenvalue weighted by molar-refractivity contribution is -0.136. The van der Waals surface area contributed by atoms with Crippen molar-refractivity contribution in [3.8, 4) is 0 Å². The molecule has 2 rings (SSSR count). The first-order valence-electron chi connectivity index (χ1n) is 5.97. The van der Waals surface area contributed by atoms with Crippen LogP contribution in [0.15, 0.2) is 0 Å². The summed E-state index contributed by atoms with van der Waals surface area (Å²) in [6, 6.07) is -0.0284. The summed E-state index contributed by atoms with van der Waals surface area (Å²) in [6.45, 7) is 2.06. The van der Waals surface area contributed by atoms with Crippen molar-refractivity contribution in [2.45, 2.75) is 37.0 Å². The number of carbonyl (C=O) groups is 1. The van der Waals surface area contributed by atoms with Gasteiger partial charge in [0, 0.05) is 12.6 Å². The van der Waals surface area contributed by atoms with Crippen molar-refractivity contribution in [1.29, 1.82) is 0 Å². The van der Waals surface area contributed by atoms with Crippen LogP contribution < -0.4 is 5.32 Å². The first-order valence-corrected chi connectivity index (χ1v) is 7.48. The van der Waals surface area contributed by atoms with Gasteiger partial charge in [-0.15, -0.1) is 0 Å². The predicted octanol–water partition coefficient (Wildman–Crippen LogP) is -0.383. The van der Waals surface area contributed by atoms with E-state index in [9.17, 15) is 13.2 Å². The number of nitrogens with zero attached hydrogens (tertiary/aromatic N) is 1. The van der Waals surface area contributed by atoms with Crippen molar-refractivity contribution in [2.75, 3.05) is 19.6 Å². The minimum Gasteiger partial charge on any atom is -0.480 e. The molecule has 17 heavy (non-hydrogen) atoms. The third kappa shape index (κ3) is 2.46. The summed E-state index contributed by atoms with van der Waals surface area (Å²) in [5.41, 5.74) is 0. The van der Waals surface area contributed by atoms with Gasteiger partial charge in [-0.25, -0.2) is 8.42 Å². The number of aliphatic carboxylic acids is 1. The first-order chi connectivity index (χ1) is 8.03. The predicted molar refractivity (Wildman–Crippen MR) is 62.2 cm³/mol. The molecular weight excluding hydrogens is 244 g/mol. The molecule has 0 spiro atoms. The molecule has 2 saturated heterocycles. The Labute approximate surface area is 101 Å². The molecule has 2 heterocycles. The second-order valence-corrected chi connectivity index (χ2v) is 6.67. The van der Waals surface area contributed by atoms with E-state index in [0.717, 1.165) is 32.4 Å². The van der Waals surface area contributed by atoms with E-state index >= 15 is 0 Å². The molecule has 6 nitrogen and oxygen atoms in total. The minimum atomic E-state index is -3.64. The van der Waals surface area contributed by atoms with E-state index in [2.05, 4.69) is 5.32 Å². The molecule has 2 atom stereocenters. The molecule has 0 aromatic heterocycles. The second-order valence-electron chi connectivity index (χ2n) is 4.61. The fraction of sp³-hybridized carbons (Fsp3) is 0.900. The van der Waals surface area contributed by atoms with Gasteiger partial charge in [0.05, 0.1) is 0 Å². The van der Waals surface area contributed by atoms with E-state index in [0.29, 0.717) is 6.54 Å². The van der Waals surface area contributed by atoms with Crippen LogP contribution in [-0.4, -0.2) is 54.7 Å². The zero-order valence-electron chi connectivity index (χ0n) is 9.63. The molecule has 0 bridgehead atoms. The fourth-order valence-corrected chi connectivity index (χ4v) is 4.59. The SMILES string of the molecule is O=C(O)C1CCN(C2CCCNCC2)S1(=O)=O. The van der Waals surface area contributed by atoms with E-state index in [1.807, 2.05) is 0 Å². The largest absolute Gasteiger partial charge is 0.480 e. The average molecular weight is 262 g/mol. The number of sulfonamides is 1. The zero-order valence-corrected chi connectivity index (χ0v) is 10.4. The molecule has 0 amide bonds. The number of carboxylic acids is 1. The van der Waals surface area contributed by atoms with Crippen molar-refractivity contribution in [2.24, 2.45) is 0 Å². The summed E-state index contributed by atoms with van der Waals surface area (Å²) in [5, 5.41) is 10.9. The summed E-state index contributed by atoms with van der Waals surface area (Å²) >= 11 is 0. The van der Waals surface area contributed by atoms with Gasteiger partial charge in [0.15, 0.2) is 5.25 Å². The molecule has 98 valence electrons. The lowest BCUT2D eigenvalue weighted by Crippen LogP contribution is -2.40. The summed E-state index contributed by atoms with van der Waals surface area (Å²) in [7, 11) is -3.64. The second kappa shape index (κ2) is 4.91. The molecule has 2 unspecified atom stereocenters. The van der Waals surface area contributed by atoms with Crippen LogP contribution in [0.3, 0.4) is 0 Å². The Morgan fingerprint density at radius 1 is 1.24 bits per heavy atom. The van der Waals surface area contributed by atoms with Crippen molar-refractivity contribution in [3.05, 3.63) is 0 Å². The van der Waals surface area contributed by atoms with Crippen LogP contribution in [0.1, 0.15) is 25.7 Å². The fourth-order valence-electron chi connectivity index (χ4n) is 2.61. The summed E-state index contributed by atoms with van der Waals surface area (Å²) in [4.78, 5) is 10.9. The Morgan fingerprint density at radius 2 is 2.00 bits per heavy atom. The van der Waals surface area contributed by atoms with Crippen molar-refractivity contribution in [3.63, 3.8) is 0 Å². The number of rotatable bonds is 2. The molecule has 2 fully saturated rings. The van der Waals surface area contributed by atoms with Crippen LogP contribution in [0.5, 0.6) is 0 Å². The standard InChI is InChI=1S/C10H18N2O4S/c13-10(14)9-4-7-12(17(9,15)16)8-2-1-5-11-6-3-8/h8-9,11H,1-7H2,(H,13,14). The van der Waals surface area contributed by atoms with Crippen LogP contribution in [0, 0.1) is 0 Å². The Kier molecular flexibility index (Phi) is 3.70. The van der Waals surface area contributed by atoms with Crippen LogP contribution in [0.4, 0.5) is 0 Å². The van der Waals surface area contributed by atoms with Gasteiger partial charge in [-0.3, -0.25) is 4.79 Å². The molecular formula is C10H18N2O4S. The van der Waals surface area contributed by atoms with Gasteiger partial charge in [-0.2, -0.15) is 4.31 Å². The number of hydrogen-bond acceptors (Lipinski definition) is 4. The smallest absolute Gasteiger partial charge is 0.323 e. The van der Waals surface area contributed by atoms with Crippen LogP contribution >= 0.6 is 0 Å². The highest BCUT2D eigenvalue weighted by Gasteiger charge is 2.46. The van der Waals surface area contributed by atoms with Crippen molar-refractivity contribution in [1.82, 2.24) is 9.62 Å². The summed E-state index contributed by atoms with van der Waals surface area (Å²) in [6.07, 6.45) is 2.74. The lowest BCUT2D eigenvalue weighted by atomic mass is 10.1. The monoisotopic (exact) mass is 262 g/mol. The molecule has 0 aliphatic carbocycles. The normalized spacial score (nSPS) is 34.4. The van der Waals surface area contributed by atoms with Crippen LogP contribution in [0.25, 0.3) is 0 Å². The van der Waals surface area contributed by atoms with Gasteiger partial charge in [-0.1, -0.05) is 0 Å². The molecule has 2 aliphatic rings. The molecule has 7 heteroatoms. The topological polar surface area (TPSA) is 86.7 Å². The quantitative estimate of drug-likeness (QED) is 0.708. The minimum absolute atomic E-state index is 0.0284. The highest BCUT2D eigenvalue weighted by molar-refractivity contribution is 7.90. The van der Waals surface area contributed by atoms with Crippen molar-refractivity contribution < 1.29 is 18.3 Å². The molecule has 2 N–H and O–H groups in total. The maximum Gasteiger partial charge on any atom is 0.323 e. The Morgan fingerprint density at radius 3 is 2.65 bits per heavy atom. The van der Waals surface area contributed by atoms with Crippen molar-refractivity contribution >= 4 is 16.0 Å². The summed E-state index contributed by atoms with van der Waals surface area (Å²) < 4.78 is 25.6. The van der Waals surface area contributed by atoms with E-state index in [1.165, 1.54) is 4.31 Å². The molecule has 0 saturated carbocycles. The Hall–Kier alpha value is -0.660. The molecule has 0 radical (unpaired) electrons. The van der Waals surface area contributed by atoms with Gasteiger partial charge in [0.1, 0.15) is 0 Å². The van der Waals surface area contributed by atoms with Crippen LogP contribution in [0.2, 0.25) is 0 Å². The molecule has 0 aromatic rings. The van der Waals surface area contributed by atoms with E-state index in [1.54, 1.807) is 0 Å². The van der Waals surface area contributed by atoms with Gasteiger partial charge < -0.3 is 10.4 Å². The van der Waals surface area contributed by atoms with E-state index < -0.39 is 21.2 Å². The number of carboxylic acid groups (broad SMARTS) is 1. The van der Waals surface area contributed by atoms with E-state index in [4.69, 9.17) is 5.11 Å². The Balaban J connectivity index is 2.14. The molecule has 0 aromatic carbocycles. The number of hydrogen-bond donors (Lipinski definition) is 2. The van der Waals surface area contributed by atoms with Gasteiger partial charge in [0.25, 0.3) is 0 Å².